The Kier molecular flexibility index (Phi) is 9.06. The Labute approximate surface area is 152 Å². The van der Waals surface area contributed by atoms with Gasteiger partial charge in [-0.15, -0.1) is 0 Å². The van der Waals surface area contributed by atoms with Gasteiger partial charge in [0.15, 0.2) is 0 Å². The van der Waals surface area contributed by atoms with Gasteiger partial charge in [-0.3, -0.25) is 0 Å². The number of hydrogen-bond acceptors (Lipinski definition) is 3. The molecule has 24 heavy (non-hydrogen) atoms. The van der Waals surface area contributed by atoms with Gasteiger partial charge in [-0.05, 0) is 0 Å². The molecule has 0 atom stereocenters. The van der Waals surface area contributed by atoms with Crippen LogP contribution in [0.15, 0.2) is 18.3 Å². The molecule has 0 amide bonds. The minimum atomic E-state index is -2.54. The Morgan fingerprint density at radius 3 is 2.00 bits per heavy atom. The van der Waals surface area contributed by atoms with E-state index in [2.05, 4.69) is 32.9 Å². The molecule has 0 radical (unpaired) electrons. The summed E-state index contributed by atoms with van der Waals surface area (Å²) in [5, 5.41) is 0. The molecule has 0 saturated carbocycles. The minimum absolute atomic E-state index is 0.172. The molecule has 4 heteroatoms. The van der Waals surface area contributed by atoms with Crippen molar-refractivity contribution in [3.63, 3.8) is 0 Å². The van der Waals surface area contributed by atoms with Crippen LogP contribution in [0.25, 0.3) is 0 Å². The van der Waals surface area contributed by atoms with E-state index in [4.69, 9.17) is 14.5 Å². The topological polar surface area (TPSA) is 31.4 Å². The number of ether oxygens (including phenoxy) is 2. The van der Waals surface area contributed by atoms with E-state index in [0.29, 0.717) is 13.2 Å². The molecule has 0 aromatic carbocycles. The molecule has 1 aromatic heterocycles. The molecule has 1 aliphatic rings. The van der Waals surface area contributed by atoms with Crippen LogP contribution < -0.4 is 3.71 Å². The Hall–Kier alpha value is -0.131. The fourth-order valence-electron chi connectivity index (χ4n) is 3.86. The predicted molar refractivity (Wildman–Crippen MR) is 103 cm³/mol. The summed E-state index contributed by atoms with van der Waals surface area (Å²) in [5.41, 5.74) is 1.26. The Morgan fingerprint density at radius 1 is 0.958 bits per heavy atom. The Bertz CT molecular complexity index is 453. The number of nitrogens with zero attached hydrogens (tertiary/aromatic N) is 1. The Morgan fingerprint density at radius 2 is 1.50 bits per heavy atom. The second kappa shape index (κ2) is 10.8. The van der Waals surface area contributed by atoms with Gasteiger partial charge in [0, 0.05) is 0 Å². The average molecular weight is 440 g/mol. The van der Waals surface area contributed by atoms with Crippen molar-refractivity contribution in [2.45, 2.75) is 78.9 Å². The molecule has 1 aromatic rings. The summed E-state index contributed by atoms with van der Waals surface area (Å²) in [7, 11) is 0. The molecule has 1 fully saturated rings. The van der Waals surface area contributed by atoms with Crippen LogP contribution >= 0.6 is 0 Å². The first-order valence-electron chi connectivity index (χ1n) is 9.96. The van der Waals surface area contributed by atoms with Crippen LogP contribution in [0.3, 0.4) is 0 Å². The Balaban J connectivity index is 2.39. The molecule has 136 valence electrons. The van der Waals surface area contributed by atoms with E-state index < -0.39 is 18.4 Å². The quantitative estimate of drug-likeness (QED) is 0.445. The van der Waals surface area contributed by atoms with E-state index in [-0.39, 0.29) is 6.29 Å². The van der Waals surface area contributed by atoms with Crippen molar-refractivity contribution < 1.29 is 9.47 Å². The molecule has 2 heterocycles. The molecule has 1 saturated heterocycles. The fraction of sp³-hybridized carbons (Fsp3) is 0.750. The van der Waals surface area contributed by atoms with Gasteiger partial charge in [0.05, 0.1) is 0 Å². The normalized spacial score (nSPS) is 16.0. The van der Waals surface area contributed by atoms with Crippen LogP contribution in [-0.2, 0) is 9.47 Å². The van der Waals surface area contributed by atoms with E-state index in [9.17, 15) is 0 Å². The van der Waals surface area contributed by atoms with Crippen LogP contribution in [0.4, 0.5) is 0 Å². The molecular formula is C20H35NO2Sn. The second-order valence-electron chi connectivity index (χ2n) is 7.11. The van der Waals surface area contributed by atoms with E-state index in [0.717, 1.165) is 0 Å². The van der Waals surface area contributed by atoms with Gasteiger partial charge < -0.3 is 0 Å². The number of aromatic nitrogens is 1. The van der Waals surface area contributed by atoms with E-state index >= 15 is 0 Å². The van der Waals surface area contributed by atoms with Crippen molar-refractivity contribution in [2.75, 3.05) is 13.2 Å². The summed E-state index contributed by atoms with van der Waals surface area (Å²) >= 11 is -2.54. The first-order valence-corrected chi connectivity index (χ1v) is 17.4. The van der Waals surface area contributed by atoms with Crippen LogP contribution in [0.1, 0.15) is 71.1 Å². The van der Waals surface area contributed by atoms with E-state index in [1.54, 1.807) is 0 Å². The summed E-state index contributed by atoms with van der Waals surface area (Å²) in [6.45, 7) is 8.37. The number of unbranched alkanes of at least 4 members (excludes halogenated alkanes) is 3. The summed E-state index contributed by atoms with van der Waals surface area (Å²) in [4.78, 5) is 4.99. The van der Waals surface area contributed by atoms with Gasteiger partial charge in [0.25, 0.3) is 0 Å². The third kappa shape index (κ3) is 5.18. The van der Waals surface area contributed by atoms with Crippen LogP contribution in [0, 0.1) is 0 Å². The monoisotopic (exact) mass is 441 g/mol. The fourth-order valence-corrected chi connectivity index (χ4v) is 20.2. The van der Waals surface area contributed by atoms with Gasteiger partial charge in [0.2, 0.25) is 0 Å². The van der Waals surface area contributed by atoms with Crippen LogP contribution in [-0.4, -0.2) is 36.6 Å². The summed E-state index contributed by atoms with van der Waals surface area (Å²) in [5.74, 6) is 0. The zero-order chi connectivity index (χ0) is 17.3. The zero-order valence-electron chi connectivity index (χ0n) is 15.9. The third-order valence-corrected chi connectivity index (χ3v) is 20.5. The van der Waals surface area contributed by atoms with Crippen LogP contribution in [0.5, 0.6) is 0 Å². The van der Waals surface area contributed by atoms with E-state index in [1.807, 2.05) is 6.20 Å². The van der Waals surface area contributed by atoms with Gasteiger partial charge >= 0.3 is 153 Å². The first-order chi connectivity index (χ1) is 11.8. The molecule has 1 aliphatic heterocycles. The van der Waals surface area contributed by atoms with Crippen molar-refractivity contribution in [2.24, 2.45) is 0 Å². The summed E-state index contributed by atoms with van der Waals surface area (Å²) in [6, 6.07) is 4.27. The summed E-state index contributed by atoms with van der Waals surface area (Å²) < 4.78 is 17.5. The van der Waals surface area contributed by atoms with Crippen molar-refractivity contribution in [3.8, 4) is 0 Å². The average Bonchev–Trinajstić information content (AvgIpc) is 3.16. The maximum absolute atomic E-state index is 5.86. The number of rotatable bonds is 11. The third-order valence-electron chi connectivity index (χ3n) is 5.24. The molecule has 0 aliphatic carbocycles. The molecular weight excluding hydrogens is 405 g/mol. The first kappa shape index (κ1) is 20.2. The SMILES string of the molecule is CCC[CH2][Sn]([CH2]CCC)([CH2]CCC)[c]1ncccc1C1OCCO1. The molecule has 3 nitrogen and oxygen atoms in total. The molecule has 0 N–H and O–H groups in total. The molecule has 2 rings (SSSR count). The van der Waals surface area contributed by atoms with Crippen molar-refractivity contribution in [1.82, 2.24) is 4.98 Å². The van der Waals surface area contributed by atoms with Gasteiger partial charge in [-0.25, -0.2) is 0 Å². The van der Waals surface area contributed by atoms with Gasteiger partial charge in [-0.2, -0.15) is 0 Å². The molecule has 0 spiro atoms. The second-order valence-corrected chi connectivity index (χ2v) is 20.0. The van der Waals surface area contributed by atoms with Crippen molar-refractivity contribution in [3.05, 3.63) is 23.9 Å². The van der Waals surface area contributed by atoms with Crippen molar-refractivity contribution in [1.29, 1.82) is 0 Å². The van der Waals surface area contributed by atoms with Gasteiger partial charge in [0.1, 0.15) is 0 Å². The summed E-state index contributed by atoms with van der Waals surface area (Å²) in [6.07, 6.45) is 9.75. The number of hydrogen-bond donors (Lipinski definition) is 0. The van der Waals surface area contributed by atoms with Gasteiger partial charge in [-0.1, -0.05) is 0 Å². The number of pyridine rings is 1. The van der Waals surface area contributed by atoms with Crippen LogP contribution in [0.2, 0.25) is 13.3 Å². The van der Waals surface area contributed by atoms with Crippen molar-refractivity contribution >= 4 is 22.1 Å². The predicted octanol–water partition coefficient (Wildman–Crippen LogP) is 5.18. The molecule has 0 unspecified atom stereocenters. The standard InChI is InChI=1S/C8H8NO2.3C4H9.Sn/c1-2-7(6-9-3-1)8-10-4-5-11-8;3*1-3-4-2;/h1-3,8H,4-5H2;3*1,3-4H2,2H3;. The maximum atomic E-state index is 5.86. The van der Waals surface area contributed by atoms with E-state index in [1.165, 1.54) is 61.1 Å². The molecule has 0 bridgehead atoms. The zero-order valence-corrected chi connectivity index (χ0v) is 18.7.